The van der Waals surface area contributed by atoms with Crippen molar-refractivity contribution in [2.45, 2.75) is 80.8 Å². The summed E-state index contributed by atoms with van der Waals surface area (Å²) in [5, 5.41) is 6.80. The highest BCUT2D eigenvalue weighted by atomic mass is 35.5. The molecule has 0 atom stereocenters. The van der Waals surface area contributed by atoms with Gasteiger partial charge in [-0.1, -0.05) is 63.6 Å². The lowest BCUT2D eigenvalue weighted by Crippen LogP contribution is -2.26. The van der Waals surface area contributed by atoms with Crippen molar-refractivity contribution in [1.29, 1.82) is 0 Å². The van der Waals surface area contributed by atoms with Gasteiger partial charge in [-0.3, -0.25) is 0 Å². The second-order valence-electron chi connectivity index (χ2n) is 7.09. The molecular weight excluding hydrogens is 371 g/mol. The molecule has 0 fully saturated rings. The molecule has 0 heterocycles. The van der Waals surface area contributed by atoms with Gasteiger partial charge in [0.2, 0.25) is 0 Å². The van der Waals surface area contributed by atoms with Gasteiger partial charge in [0.25, 0.3) is 0 Å². The largest absolute Gasteiger partial charge is 0.380 e. The zero-order chi connectivity index (χ0) is 22.3. The number of rotatable bonds is 3. The summed E-state index contributed by atoms with van der Waals surface area (Å²) in [6.45, 7) is 20.5. The van der Waals surface area contributed by atoms with Crippen molar-refractivity contribution in [3.05, 3.63) is 58.9 Å². The van der Waals surface area contributed by atoms with Crippen molar-refractivity contribution in [3.8, 4) is 0 Å². The predicted octanol–water partition coefficient (Wildman–Crippen LogP) is 8.56. The molecule has 0 aromatic heterocycles. The molecule has 0 aliphatic rings. The first-order valence-corrected chi connectivity index (χ1v) is 10.5. The van der Waals surface area contributed by atoms with Crippen LogP contribution in [0.1, 0.15) is 67.9 Å². The highest BCUT2D eigenvalue weighted by Crippen LogP contribution is 2.25. The molecule has 2 rings (SSSR count). The molecular formula is C24H40ClFN2. The van der Waals surface area contributed by atoms with Gasteiger partial charge in [-0.15, -0.1) is 0 Å². The second-order valence-corrected chi connectivity index (χ2v) is 7.49. The Morgan fingerprint density at radius 2 is 1.43 bits per heavy atom. The Labute approximate surface area is 177 Å². The molecule has 0 aliphatic heterocycles. The maximum Gasteiger partial charge on any atom is 0.147 e. The van der Waals surface area contributed by atoms with Crippen LogP contribution in [-0.4, -0.2) is 11.6 Å². The molecule has 0 saturated carbocycles. The van der Waals surface area contributed by atoms with Crippen molar-refractivity contribution in [2.24, 2.45) is 0 Å². The predicted molar refractivity (Wildman–Crippen MR) is 127 cm³/mol. The third-order valence-electron chi connectivity index (χ3n) is 3.05. The fourth-order valence-electron chi connectivity index (χ4n) is 2.04. The van der Waals surface area contributed by atoms with E-state index >= 15 is 0 Å². The number of aryl methyl sites for hydroxylation is 1. The molecule has 0 unspecified atom stereocenters. The van der Waals surface area contributed by atoms with Crippen LogP contribution >= 0.6 is 11.6 Å². The van der Waals surface area contributed by atoms with E-state index in [1.165, 1.54) is 17.3 Å². The van der Waals surface area contributed by atoms with Crippen LogP contribution in [0, 0.1) is 12.7 Å². The summed E-state index contributed by atoms with van der Waals surface area (Å²) in [6, 6.07) is 13.2. The lowest BCUT2D eigenvalue weighted by molar-refractivity contribution is 0.628. The van der Waals surface area contributed by atoms with E-state index in [1.807, 2.05) is 41.5 Å². The van der Waals surface area contributed by atoms with Crippen LogP contribution in [0.5, 0.6) is 0 Å². The van der Waals surface area contributed by atoms with Gasteiger partial charge in [0.1, 0.15) is 5.82 Å². The van der Waals surface area contributed by atoms with E-state index < -0.39 is 0 Å². The minimum atomic E-state index is -0.309. The van der Waals surface area contributed by atoms with Gasteiger partial charge < -0.3 is 10.6 Å². The molecule has 0 saturated heterocycles. The minimum absolute atomic E-state index is 0.145. The summed E-state index contributed by atoms with van der Waals surface area (Å²) < 4.78 is 13.1. The average molecular weight is 411 g/mol. The third kappa shape index (κ3) is 12.6. The van der Waals surface area contributed by atoms with Crippen LogP contribution in [0.2, 0.25) is 5.02 Å². The Balaban J connectivity index is 0. The molecule has 2 aromatic rings. The quantitative estimate of drug-likeness (QED) is 0.529. The maximum atomic E-state index is 13.1. The number of anilines is 2. The van der Waals surface area contributed by atoms with Crippen LogP contribution < -0.4 is 10.6 Å². The van der Waals surface area contributed by atoms with E-state index in [0.29, 0.717) is 10.7 Å². The number of para-hydroxylation sites is 2. The summed E-state index contributed by atoms with van der Waals surface area (Å²) in [5.41, 5.74) is 3.05. The fourth-order valence-corrected chi connectivity index (χ4v) is 2.26. The summed E-state index contributed by atoms with van der Waals surface area (Å²) >= 11 is 5.77. The first kappa shape index (κ1) is 28.5. The van der Waals surface area contributed by atoms with E-state index in [0.717, 1.165) is 0 Å². The molecule has 0 radical (unpaired) electrons. The molecule has 2 nitrogen and oxygen atoms in total. The molecule has 0 amide bonds. The summed E-state index contributed by atoms with van der Waals surface area (Å²) in [5.74, 6) is -0.309. The lowest BCUT2D eigenvalue weighted by Gasteiger charge is -2.23. The zero-order valence-corrected chi connectivity index (χ0v) is 20.1. The number of hydrogen-bond donors (Lipinski definition) is 2. The Hall–Kier alpha value is -1.74. The first-order valence-electron chi connectivity index (χ1n) is 10.1. The van der Waals surface area contributed by atoms with Gasteiger partial charge in [0.05, 0.1) is 10.7 Å². The zero-order valence-electron chi connectivity index (χ0n) is 19.4. The Kier molecular flexibility index (Phi) is 15.5. The minimum Gasteiger partial charge on any atom is -0.380 e. The maximum absolute atomic E-state index is 13.1. The molecule has 0 spiro atoms. The first-order chi connectivity index (χ1) is 13.1. The van der Waals surface area contributed by atoms with Crippen LogP contribution in [0.4, 0.5) is 15.8 Å². The average Bonchev–Trinajstić information content (AvgIpc) is 2.63. The van der Waals surface area contributed by atoms with E-state index in [9.17, 15) is 4.39 Å². The van der Waals surface area contributed by atoms with Crippen molar-refractivity contribution < 1.29 is 4.39 Å². The normalized spacial score (nSPS) is 9.75. The van der Waals surface area contributed by atoms with Crippen molar-refractivity contribution in [3.63, 3.8) is 0 Å². The highest BCUT2D eigenvalue weighted by molar-refractivity contribution is 6.33. The summed E-state index contributed by atoms with van der Waals surface area (Å²) in [7, 11) is 0. The van der Waals surface area contributed by atoms with Gasteiger partial charge in [0.15, 0.2) is 0 Å². The monoisotopic (exact) mass is 410 g/mol. The fraction of sp³-hybridized carbons (Fsp3) is 0.500. The number of nitrogens with one attached hydrogen (secondary N) is 2. The van der Waals surface area contributed by atoms with Gasteiger partial charge in [-0.05, 0) is 65.3 Å². The smallest absolute Gasteiger partial charge is 0.147 e. The molecule has 2 N–H and O–H groups in total. The van der Waals surface area contributed by atoms with Crippen LogP contribution in [0.25, 0.3) is 0 Å². The standard InChI is InChI=1S/C11H17N.C9H11ClFN.2C2H6/c1-9-7-5-6-8-10(9)12-11(2,3)4;1-6(2)12-9-7(10)4-3-5-8(9)11;2*1-2/h5-8,12H,1-4H3;3-6,12H,1-2H3;2*1-2H3. The van der Waals surface area contributed by atoms with Gasteiger partial charge >= 0.3 is 0 Å². The summed E-state index contributed by atoms with van der Waals surface area (Å²) in [6.07, 6.45) is 0. The SMILES string of the molecule is CC.CC.CC(C)Nc1c(F)cccc1Cl.Cc1ccccc1NC(C)(C)C. The van der Waals surface area contributed by atoms with Gasteiger partial charge in [-0.25, -0.2) is 4.39 Å². The lowest BCUT2D eigenvalue weighted by atomic mass is 10.1. The van der Waals surface area contributed by atoms with Gasteiger partial charge in [0, 0.05) is 17.3 Å². The molecule has 0 bridgehead atoms. The number of hydrogen-bond acceptors (Lipinski definition) is 2. The number of benzene rings is 2. The van der Waals surface area contributed by atoms with Gasteiger partial charge in [-0.2, -0.15) is 0 Å². The van der Waals surface area contributed by atoms with Crippen molar-refractivity contribution >= 4 is 23.0 Å². The Morgan fingerprint density at radius 1 is 0.893 bits per heavy atom. The van der Waals surface area contributed by atoms with Crippen molar-refractivity contribution in [1.82, 2.24) is 0 Å². The van der Waals surface area contributed by atoms with Crippen LogP contribution in [0.3, 0.4) is 0 Å². The van der Waals surface area contributed by atoms with E-state index in [4.69, 9.17) is 11.6 Å². The second kappa shape index (κ2) is 15.2. The topological polar surface area (TPSA) is 24.1 Å². The van der Waals surface area contributed by atoms with E-state index in [-0.39, 0.29) is 17.4 Å². The Morgan fingerprint density at radius 3 is 1.86 bits per heavy atom. The molecule has 28 heavy (non-hydrogen) atoms. The molecule has 2 aromatic carbocycles. The Bertz CT molecular complexity index is 629. The number of halogens is 2. The highest BCUT2D eigenvalue weighted by Gasteiger charge is 2.09. The molecule has 4 heteroatoms. The van der Waals surface area contributed by atoms with Crippen LogP contribution in [-0.2, 0) is 0 Å². The third-order valence-corrected chi connectivity index (χ3v) is 3.37. The van der Waals surface area contributed by atoms with E-state index in [2.05, 4.69) is 62.6 Å². The van der Waals surface area contributed by atoms with E-state index in [1.54, 1.807) is 12.1 Å². The molecule has 160 valence electrons. The van der Waals surface area contributed by atoms with Crippen molar-refractivity contribution in [2.75, 3.05) is 10.6 Å². The van der Waals surface area contributed by atoms with Crippen LogP contribution in [0.15, 0.2) is 42.5 Å². The summed E-state index contributed by atoms with van der Waals surface area (Å²) in [4.78, 5) is 0. The molecule has 0 aliphatic carbocycles.